The zero-order valence-corrected chi connectivity index (χ0v) is 30.9. The number of ether oxygens (including phenoxy) is 1. The van der Waals surface area contributed by atoms with Gasteiger partial charge in [0.1, 0.15) is 17.6 Å². The molecule has 2 atom stereocenters. The van der Waals surface area contributed by atoms with Crippen molar-refractivity contribution in [2.24, 2.45) is 4.99 Å². The number of halogens is 3. The van der Waals surface area contributed by atoms with Crippen LogP contribution in [0, 0.1) is 11.3 Å². The van der Waals surface area contributed by atoms with Gasteiger partial charge < -0.3 is 9.64 Å². The normalized spacial score (nSPS) is 18.7. The first-order chi connectivity index (χ1) is 23.2. The van der Waals surface area contributed by atoms with E-state index in [0.29, 0.717) is 77.1 Å². The molecule has 5 rings (SSSR count). The van der Waals surface area contributed by atoms with Gasteiger partial charge in [0.05, 0.1) is 36.0 Å². The third-order valence-corrected chi connectivity index (χ3v) is 10.2. The van der Waals surface area contributed by atoms with Crippen molar-refractivity contribution < 1.29 is 17.9 Å². The first-order valence-corrected chi connectivity index (χ1v) is 19.0. The summed E-state index contributed by atoms with van der Waals surface area (Å²) in [6, 6.07) is 19.3. The summed E-state index contributed by atoms with van der Waals surface area (Å²) in [6.07, 6.45) is 1.13. The second kappa shape index (κ2) is 15.3. The summed E-state index contributed by atoms with van der Waals surface area (Å²) in [5.74, 6) is 0.841. The molecule has 49 heavy (non-hydrogen) atoms. The second-order valence-corrected chi connectivity index (χ2v) is 15.7. The number of benzene rings is 3. The number of aliphatic imine (C=N–C) groups is 1. The summed E-state index contributed by atoms with van der Waals surface area (Å²) >= 11 is 19.5. The molecule has 0 aromatic heterocycles. The fourth-order valence-corrected chi connectivity index (χ4v) is 7.21. The van der Waals surface area contributed by atoms with Crippen LogP contribution in [0.5, 0.6) is 5.75 Å². The Morgan fingerprint density at radius 2 is 1.59 bits per heavy atom. The lowest BCUT2D eigenvalue weighted by Gasteiger charge is -2.39. The molecule has 0 unspecified atom stereocenters. The van der Waals surface area contributed by atoms with Gasteiger partial charge >= 0.3 is 6.03 Å². The Morgan fingerprint density at radius 3 is 2.14 bits per heavy atom. The average molecular weight is 746 g/mol. The third-order valence-electron chi connectivity index (χ3n) is 8.69. The molecule has 3 aromatic carbocycles. The van der Waals surface area contributed by atoms with Crippen molar-refractivity contribution in [1.82, 2.24) is 19.4 Å². The Balaban J connectivity index is 1.61. The van der Waals surface area contributed by atoms with Gasteiger partial charge in [-0.3, -0.25) is 14.8 Å². The molecule has 1 N–H and O–H groups in total. The molecule has 0 aliphatic carbocycles. The molecule has 2 aliphatic heterocycles. The molecule has 0 bridgehead atoms. The number of sulfonamides is 1. The van der Waals surface area contributed by atoms with E-state index in [-0.39, 0.29) is 12.6 Å². The van der Waals surface area contributed by atoms with Gasteiger partial charge in [-0.2, -0.15) is 5.26 Å². The van der Waals surface area contributed by atoms with Crippen LogP contribution in [-0.4, -0.2) is 87.1 Å². The molecule has 14 heteroatoms. The molecule has 10 nitrogen and oxygen atoms in total. The van der Waals surface area contributed by atoms with Crippen LogP contribution >= 0.6 is 34.8 Å². The molecule has 0 radical (unpaired) electrons. The Labute approximate surface area is 303 Å². The van der Waals surface area contributed by atoms with Crippen LogP contribution in [0.15, 0.2) is 65.7 Å². The fourth-order valence-electron chi connectivity index (χ4n) is 6.10. The van der Waals surface area contributed by atoms with E-state index in [4.69, 9.17) is 44.5 Å². The molecule has 0 spiro atoms. The van der Waals surface area contributed by atoms with Gasteiger partial charge in [0.25, 0.3) is 0 Å². The fraction of sp³-hybridized carbons (Fsp3) is 0.400. The Kier molecular flexibility index (Phi) is 11.5. The summed E-state index contributed by atoms with van der Waals surface area (Å²) < 4.78 is 31.8. The molecule has 2 aliphatic rings. The number of carbonyl (C=O) groups excluding carboxylic acids is 1. The standard InChI is InChI=1S/C35H39Cl3N6O4S/c1-5-48-30-21-28(35(2,3)22-39)29(38)20-27(30)33-41-31(23-6-10-25(36)11-7-23)32(24-8-12-26(37)13-9-24)44(33)34(45)43-18-16-42(17-19-43)15-14-40-49(4,46)47/h6-13,20-21,31-32,40H,5,14-19H2,1-4H3/t31-,32+/m0/s1. The minimum Gasteiger partial charge on any atom is -0.493 e. The summed E-state index contributed by atoms with van der Waals surface area (Å²) in [5.41, 5.74) is 1.91. The zero-order chi connectivity index (χ0) is 35.5. The van der Waals surface area contributed by atoms with Crippen LogP contribution in [-0.2, 0) is 15.4 Å². The predicted molar refractivity (Wildman–Crippen MR) is 194 cm³/mol. The maximum absolute atomic E-state index is 14.8. The Morgan fingerprint density at radius 1 is 1.00 bits per heavy atom. The van der Waals surface area contributed by atoms with Crippen molar-refractivity contribution in [1.29, 1.82) is 5.26 Å². The number of amidine groups is 1. The molecule has 260 valence electrons. The number of carbonyl (C=O) groups is 1. The SMILES string of the molecule is CCOc1cc(C(C)(C)C#N)c(Cl)cc1C1=N[C@@H](c2ccc(Cl)cc2)[C@@H](c2ccc(Cl)cc2)N1C(=O)N1CCN(CCNS(C)(=O)=O)CC1. The number of piperazine rings is 1. The topological polar surface area (TPSA) is 118 Å². The molecule has 3 aromatic rings. The van der Waals surface area contributed by atoms with E-state index in [2.05, 4.69) is 15.7 Å². The maximum atomic E-state index is 14.8. The third kappa shape index (κ3) is 8.51. The van der Waals surface area contributed by atoms with E-state index in [1.165, 1.54) is 0 Å². The lowest BCUT2D eigenvalue weighted by atomic mass is 9.85. The number of hydrogen-bond donors (Lipinski definition) is 1. The van der Waals surface area contributed by atoms with E-state index >= 15 is 0 Å². The van der Waals surface area contributed by atoms with Crippen molar-refractivity contribution in [2.75, 3.05) is 52.1 Å². The molecular weight excluding hydrogens is 707 g/mol. The summed E-state index contributed by atoms with van der Waals surface area (Å²) in [7, 11) is -3.29. The Bertz CT molecular complexity index is 1860. The van der Waals surface area contributed by atoms with Gasteiger partial charge in [-0.25, -0.2) is 17.9 Å². The van der Waals surface area contributed by atoms with Crippen molar-refractivity contribution in [3.8, 4) is 11.8 Å². The Hall–Kier alpha value is -3.37. The highest BCUT2D eigenvalue weighted by atomic mass is 35.5. The number of nitrogens with one attached hydrogen (secondary N) is 1. The summed E-state index contributed by atoms with van der Waals surface area (Å²) in [5, 5.41) is 11.4. The number of rotatable bonds is 10. The molecule has 0 saturated carbocycles. The molecule has 2 amide bonds. The highest BCUT2D eigenvalue weighted by molar-refractivity contribution is 7.88. The maximum Gasteiger partial charge on any atom is 0.326 e. The lowest BCUT2D eigenvalue weighted by molar-refractivity contribution is 0.120. The lowest BCUT2D eigenvalue weighted by Crippen LogP contribution is -2.54. The second-order valence-electron chi connectivity index (χ2n) is 12.6. The van der Waals surface area contributed by atoms with Crippen LogP contribution in [0.1, 0.15) is 55.1 Å². The minimum atomic E-state index is -3.29. The van der Waals surface area contributed by atoms with E-state index in [1.807, 2.05) is 31.2 Å². The van der Waals surface area contributed by atoms with Gasteiger partial charge in [0.2, 0.25) is 10.0 Å². The van der Waals surface area contributed by atoms with Gasteiger partial charge in [0.15, 0.2) is 0 Å². The smallest absolute Gasteiger partial charge is 0.326 e. The van der Waals surface area contributed by atoms with E-state index in [1.54, 1.807) is 60.0 Å². The van der Waals surface area contributed by atoms with E-state index < -0.39 is 27.5 Å². The van der Waals surface area contributed by atoms with Gasteiger partial charge in [0, 0.05) is 54.3 Å². The minimum absolute atomic E-state index is 0.246. The molecule has 1 saturated heterocycles. The van der Waals surface area contributed by atoms with Crippen LogP contribution in [0.4, 0.5) is 4.79 Å². The highest BCUT2D eigenvalue weighted by Crippen LogP contribution is 2.46. The number of nitriles is 1. The number of nitrogens with zero attached hydrogens (tertiary/aromatic N) is 5. The summed E-state index contributed by atoms with van der Waals surface area (Å²) in [4.78, 5) is 25.7. The largest absolute Gasteiger partial charge is 0.493 e. The number of amides is 2. The highest BCUT2D eigenvalue weighted by Gasteiger charge is 2.45. The van der Waals surface area contributed by atoms with Crippen LogP contribution in [0.3, 0.4) is 0 Å². The predicted octanol–water partition coefficient (Wildman–Crippen LogP) is 6.68. The first-order valence-electron chi connectivity index (χ1n) is 15.9. The summed E-state index contributed by atoms with van der Waals surface area (Å²) in [6.45, 7) is 8.58. The van der Waals surface area contributed by atoms with Crippen LogP contribution in [0.2, 0.25) is 15.1 Å². The number of urea groups is 1. The zero-order valence-electron chi connectivity index (χ0n) is 27.8. The molecule has 1 fully saturated rings. The average Bonchev–Trinajstić information content (AvgIpc) is 3.46. The molecule has 2 heterocycles. The van der Waals surface area contributed by atoms with E-state index in [0.717, 1.165) is 17.4 Å². The van der Waals surface area contributed by atoms with Gasteiger partial charge in [-0.1, -0.05) is 59.1 Å². The van der Waals surface area contributed by atoms with Crippen molar-refractivity contribution >= 4 is 56.7 Å². The van der Waals surface area contributed by atoms with Crippen molar-refractivity contribution in [3.05, 3.63) is 98.0 Å². The van der Waals surface area contributed by atoms with E-state index in [9.17, 15) is 18.5 Å². The monoisotopic (exact) mass is 744 g/mol. The van der Waals surface area contributed by atoms with Crippen molar-refractivity contribution in [3.63, 3.8) is 0 Å². The van der Waals surface area contributed by atoms with Gasteiger partial charge in [-0.05, 0) is 73.9 Å². The van der Waals surface area contributed by atoms with Crippen LogP contribution < -0.4 is 9.46 Å². The quantitative estimate of drug-likeness (QED) is 0.248. The van der Waals surface area contributed by atoms with Gasteiger partial charge in [-0.15, -0.1) is 0 Å². The first kappa shape index (κ1) is 36.9. The van der Waals surface area contributed by atoms with Crippen molar-refractivity contribution in [2.45, 2.75) is 38.3 Å². The number of hydrogen-bond acceptors (Lipinski definition) is 7. The molecular formula is C35H39Cl3N6O4S. The van der Waals surface area contributed by atoms with Crippen LogP contribution in [0.25, 0.3) is 0 Å².